The summed E-state index contributed by atoms with van der Waals surface area (Å²) in [6.45, 7) is 4.97. The predicted octanol–water partition coefficient (Wildman–Crippen LogP) is 3.04. The minimum absolute atomic E-state index is 0.0558. The summed E-state index contributed by atoms with van der Waals surface area (Å²) >= 11 is 0. The summed E-state index contributed by atoms with van der Waals surface area (Å²) in [4.78, 5) is 12.2. The molecule has 0 aliphatic heterocycles. The molecule has 2 aromatic rings. The topological polar surface area (TPSA) is 93.7 Å². The number of amides is 1. The summed E-state index contributed by atoms with van der Waals surface area (Å²) in [6, 6.07) is 12.5. The number of carbonyl (C=O) groups is 1. The number of methoxy groups -OCH3 is 1. The Labute approximate surface area is 166 Å². The number of sulfonamides is 1. The molecule has 0 aromatic heterocycles. The van der Waals surface area contributed by atoms with Gasteiger partial charge in [0.15, 0.2) is 0 Å². The molecule has 0 atom stereocenters. The molecule has 1 amide bonds. The number of rotatable bonds is 10. The number of benzene rings is 2. The van der Waals surface area contributed by atoms with Crippen LogP contribution in [0.1, 0.15) is 30.6 Å². The zero-order valence-electron chi connectivity index (χ0n) is 16.3. The van der Waals surface area contributed by atoms with Crippen LogP contribution in [-0.2, 0) is 14.8 Å². The van der Waals surface area contributed by atoms with Crippen molar-refractivity contribution in [1.29, 1.82) is 0 Å². The van der Waals surface area contributed by atoms with Crippen molar-refractivity contribution in [2.45, 2.75) is 31.3 Å². The number of hydrogen-bond donors (Lipinski definition) is 2. The largest absolute Gasteiger partial charge is 0.495 e. The zero-order valence-corrected chi connectivity index (χ0v) is 17.1. The van der Waals surface area contributed by atoms with Gasteiger partial charge in [-0.15, -0.1) is 0 Å². The highest BCUT2D eigenvalue weighted by Gasteiger charge is 2.17. The van der Waals surface area contributed by atoms with Gasteiger partial charge in [-0.25, -0.2) is 8.42 Å². The molecule has 0 heterocycles. The van der Waals surface area contributed by atoms with Crippen LogP contribution in [0.25, 0.3) is 0 Å². The first-order valence-corrected chi connectivity index (χ1v) is 10.5. The lowest BCUT2D eigenvalue weighted by molar-refractivity contribution is 0.0757. The molecule has 0 aliphatic rings. The normalized spacial score (nSPS) is 11.3. The van der Waals surface area contributed by atoms with Crippen molar-refractivity contribution in [3.8, 4) is 5.75 Å². The molecule has 0 bridgehead atoms. The standard InChI is InChI=1S/C20H26N2O5S/c1-15(2)27-14-6-13-21-20(23)16-9-11-17(12-10-16)28(24,25)22-18-7-4-5-8-19(18)26-3/h4-5,7-12,15,22H,6,13-14H2,1-3H3,(H,21,23). The van der Waals surface area contributed by atoms with Crippen molar-refractivity contribution in [3.63, 3.8) is 0 Å². The van der Waals surface area contributed by atoms with E-state index in [9.17, 15) is 13.2 Å². The summed E-state index contributed by atoms with van der Waals surface area (Å²) < 4.78 is 38.2. The molecule has 0 spiro atoms. The summed E-state index contributed by atoms with van der Waals surface area (Å²) in [6.07, 6.45) is 0.869. The Morgan fingerprint density at radius 3 is 2.39 bits per heavy atom. The average molecular weight is 407 g/mol. The Hall–Kier alpha value is -2.58. The van der Waals surface area contributed by atoms with Crippen molar-refractivity contribution in [2.24, 2.45) is 0 Å². The van der Waals surface area contributed by atoms with Crippen LogP contribution in [0.2, 0.25) is 0 Å². The molecular weight excluding hydrogens is 380 g/mol. The molecule has 0 aliphatic carbocycles. The van der Waals surface area contributed by atoms with Crippen molar-refractivity contribution < 1.29 is 22.7 Å². The van der Waals surface area contributed by atoms with E-state index in [0.29, 0.717) is 36.6 Å². The quantitative estimate of drug-likeness (QED) is 0.592. The summed E-state index contributed by atoms with van der Waals surface area (Å²) in [5.74, 6) is 0.162. The Bertz CT molecular complexity index is 880. The van der Waals surface area contributed by atoms with E-state index in [2.05, 4.69) is 10.0 Å². The fourth-order valence-corrected chi connectivity index (χ4v) is 3.48. The Morgan fingerprint density at radius 2 is 1.75 bits per heavy atom. The number of para-hydroxylation sites is 2. The Balaban J connectivity index is 1.98. The molecule has 2 aromatic carbocycles. The van der Waals surface area contributed by atoms with Gasteiger partial charge in [-0.3, -0.25) is 9.52 Å². The van der Waals surface area contributed by atoms with E-state index in [1.54, 1.807) is 24.3 Å². The van der Waals surface area contributed by atoms with E-state index in [4.69, 9.17) is 9.47 Å². The van der Waals surface area contributed by atoms with Gasteiger partial charge in [0.2, 0.25) is 0 Å². The second kappa shape index (κ2) is 10.1. The van der Waals surface area contributed by atoms with E-state index in [1.165, 1.54) is 31.4 Å². The highest BCUT2D eigenvalue weighted by Crippen LogP contribution is 2.26. The van der Waals surface area contributed by atoms with Crippen LogP contribution >= 0.6 is 0 Å². The second-order valence-electron chi connectivity index (χ2n) is 6.36. The van der Waals surface area contributed by atoms with Crippen LogP contribution in [0, 0.1) is 0 Å². The van der Waals surface area contributed by atoms with E-state index < -0.39 is 10.0 Å². The molecule has 0 radical (unpaired) electrons. The number of anilines is 1. The summed E-state index contributed by atoms with van der Waals surface area (Å²) in [5, 5.41) is 2.79. The summed E-state index contributed by atoms with van der Waals surface area (Å²) in [5.41, 5.74) is 0.733. The van der Waals surface area contributed by atoms with Gasteiger partial charge in [-0.05, 0) is 56.7 Å². The van der Waals surface area contributed by atoms with Gasteiger partial charge in [0.25, 0.3) is 15.9 Å². The van der Waals surface area contributed by atoms with Gasteiger partial charge in [0, 0.05) is 18.7 Å². The molecule has 8 heteroatoms. The molecule has 0 unspecified atom stereocenters. The molecule has 152 valence electrons. The number of hydrogen-bond acceptors (Lipinski definition) is 5. The van der Waals surface area contributed by atoms with Crippen LogP contribution in [-0.4, -0.2) is 40.7 Å². The van der Waals surface area contributed by atoms with Crippen LogP contribution in [0.3, 0.4) is 0 Å². The average Bonchev–Trinajstić information content (AvgIpc) is 2.67. The lowest BCUT2D eigenvalue weighted by atomic mass is 10.2. The van der Waals surface area contributed by atoms with Gasteiger partial charge in [-0.1, -0.05) is 12.1 Å². The van der Waals surface area contributed by atoms with Crippen LogP contribution in [0.5, 0.6) is 5.75 Å². The molecule has 0 saturated carbocycles. The summed E-state index contributed by atoms with van der Waals surface area (Å²) in [7, 11) is -2.33. The smallest absolute Gasteiger partial charge is 0.262 e. The first kappa shape index (κ1) is 21.7. The van der Waals surface area contributed by atoms with Gasteiger partial charge in [-0.2, -0.15) is 0 Å². The number of carbonyl (C=O) groups excluding carboxylic acids is 1. The van der Waals surface area contributed by atoms with Gasteiger partial charge in [0.05, 0.1) is 23.8 Å². The maximum Gasteiger partial charge on any atom is 0.262 e. The first-order valence-electron chi connectivity index (χ1n) is 8.99. The zero-order chi connectivity index (χ0) is 20.6. The highest BCUT2D eigenvalue weighted by molar-refractivity contribution is 7.92. The molecule has 2 N–H and O–H groups in total. The minimum atomic E-state index is -3.80. The fraction of sp³-hybridized carbons (Fsp3) is 0.350. The molecule has 2 rings (SSSR count). The van der Waals surface area contributed by atoms with E-state index in [0.717, 1.165) is 0 Å². The maximum absolute atomic E-state index is 12.6. The lowest BCUT2D eigenvalue weighted by Crippen LogP contribution is -2.25. The monoisotopic (exact) mass is 406 g/mol. The third-order valence-electron chi connectivity index (χ3n) is 3.84. The minimum Gasteiger partial charge on any atom is -0.495 e. The van der Waals surface area contributed by atoms with E-state index in [1.807, 2.05) is 13.8 Å². The fourth-order valence-electron chi connectivity index (χ4n) is 2.41. The van der Waals surface area contributed by atoms with E-state index >= 15 is 0 Å². The molecule has 0 saturated heterocycles. The van der Waals surface area contributed by atoms with E-state index in [-0.39, 0.29) is 16.9 Å². The van der Waals surface area contributed by atoms with Crippen LogP contribution in [0.4, 0.5) is 5.69 Å². The number of ether oxygens (including phenoxy) is 2. The Kier molecular flexibility index (Phi) is 7.83. The van der Waals surface area contributed by atoms with Gasteiger partial charge >= 0.3 is 0 Å². The molecule has 7 nitrogen and oxygen atoms in total. The lowest BCUT2D eigenvalue weighted by Gasteiger charge is -2.12. The van der Waals surface area contributed by atoms with Crippen molar-refractivity contribution >= 4 is 21.6 Å². The van der Waals surface area contributed by atoms with Crippen molar-refractivity contribution in [2.75, 3.05) is 25.0 Å². The highest BCUT2D eigenvalue weighted by atomic mass is 32.2. The van der Waals surface area contributed by atoms with Crippen molar-refractivity contribution in [3.05, 3.63) is 54.1 Å². The first-order chi connectivity index (χ1) is 13.3. The third kappa shape index (κ3) is 6.24. The molecule has 0 fully saturated rings. The van der Waals surface area contributed by atoms with Crippen LogP contribution in [0.15, 0.2) is 53.4 Å². The molecular formula is C20H26N2O5S. The Morgan fingerprint density at radius 1 is 1.07 bits per heavy atom. The molecule has 28 heavy (non-hydrogen) atoms. The van der Waals surface area contributed by atoms with Gasteiger partial charge in [0.1, 0.15) is 5.75 Å². The predicted molar refractivity (Wildman–Crippen MR) is 108 cm³/mol. The maximum atomic E-state index is 12.6. The van der Waals surface area contributed by atoms with Crippen LogP contribution < -0.4 is 14.8 Å². The van der Waals surface area contributed by atoms with Gasteiger partial charge < -0.3 is 14.8 Å². The SMILES string of the molecule is COc1ccccc1NS(=O)(=O)c1ccc(C(=O)NCCCOC(C)C)cc1. The third-order valence-corrected chi connectivity index (χ3v) is 5.22. The number of nitrogens with one attached hydrogen (secondary N) is 2. The van der Waals surface area contributed by atoms with Crippen molar-refractivity contribution in [1.82, 2.24) is 5.32 Å². The second-order valence-corrected chi connectivity index (χ2v) is 8.04.